The van der Waals surface area contributed by atoms with Crippen molar-refractivity contribution >= 4 is 23.1 Å². The van der Waals surface area contributed by atoms with Crippen LogP contribution < -0.4 is 0 Å². The lowest BCUT2D eigenvalue weighted by atomic mass is 10.0. The van der Waals surface area contributed by atoms with E-state index in [1.807, 2.05) is 26.4 Å². The van der Waals surface area contributed by atoms with Crippen LogP contribution in [0.1, 0.15) is 25.5 Å². The summed E-state index contributed by atoms with van der Waals surface area (Å²) in [5.41, 5.74) is 2.59. The van der Waals surface area contributed by atoms with Crippen molar-refractivity contribution < 1.29 is 4.79 Å². The van der Waals surface area contributed by atoms with E-state index in [1.54, 1.807) is 13.1 Å². The third kappa shape index (κ3) is 3.15. The van der Waals surface area contributed by atoms with Crippen molar-refractivity contribution in [1.82, 2.24) is 14.9 Å². The second-order valence-electron chi connectivity index (χ2n) is 4.91. The number of thioether (sulfide) groups is 1. The van der Waals surface area contributed by atoms with Gasteiger partial charge in [-0.2, -0.15) is 0 Å². The molecule has 1 aliphatic rings. The molecule has 0 radical (unpaired) electrons. The molecule has 0 aromatic carbocycles. The van der Waals surface area contributed by atoms with Crippen molar-refractivity contribution in [1.29, 1.82) is 0 Å². The second-order valence-corrected chi connectivity index (χ2v) is 5.69. The Bertz CT molecular complexity index is 517. The first kappa shape index (κ1) is 14.1. The highest BCUT2D eigenvalue weighted by atomic mass is 32.2. The van der Waals surface area contributed by atoms with Crippen LogP contribution >= 0.6 is 11.8 Å². The zero-order valence-corrected chi connectivity index (χ0v) is 12.6. The van der Waals surface area contributed by atoms with Crippen molar-refractivity contribution in [2.24, 2.45) is 5.92 Å². The maximum Gasteiger partial charge on any atom is 0.187 e. The first-order valence-corrected chi connectivity index (χ1v) is 7.57. The largest absolute Gasteiger partial charge is 0.380 e. The van der Waals surface area contributed by atoms with E-state index >= 15 is 0 Å². The quantitative estimate of drug-likeness (QED) is 0.470. The highest BCUT2D eigenvalue weighted by molar-refractivity contribution is 7.98. The number of rotatable bonds is 5. The van der Waals surface area contributed by atoms with E-state index in [2.05, 4.69) is 14.9 Å². The Morgan fingerprint density at radius 2 is 2.11 bits per heavy atom. The summed E-state index contributed by atoms with van der Waals surface area (Å²) < 4.78 is 0. The van der Waals surface area contributed by atoms with Crippen molar-refractivity contribution in [2.45, 2.75) is 24.9 Å². The van der Waals surface area contributed by atoms with E-state index in [0.717, 1.165) is 29.8 Å². The van der Waals surface area contributed by atoms with E-state index in [4.69, 9.17) is 0 Å². The normalized spacial score (nSPS) is 16.0. The van der Waals surface area contributed by atoms with Crippen LogP contribution in [0.2, 0.25) is 0 Å². The minimum atomic E-state index is 0.0707. The second kappa shape index (κ2) is 5.74. The first-order valence-electron chi connectivity index (χ1n) is 6.34. The lowest BCUT2D eigenvalue weighted by molar-refractivity contribution is -0.111. The zero-order valence-electron chi connectivity index (χ0n) is 11.8. The van der Waals surface area contributed by atoms with Gasteiger partial charge in [0.05, 0.1) is 11.3 Å². The molecular formula is C14H19N3OS. The molecule has 1 aromatic heterocycles. The summed E-state index contributed by atoms with van der Waals surface area (Å²) in [7, 11) is 3.99. The molecular weight excluding hydrogens is 258 g/mol. The Hall–Kier alpha value is -1.36. The monoisotopic (exact) mass is 277 g/mol. The molecule has 19 heavy (non-hydrogen) atoms. The van der Waals surface area contributed by atoms with Crippen LogP contribution in [0.15, 0.2) is 23.1 Å². The predicted molar refractivity (Wildman–Crippen MR) is 77.8 cm³/mol. The molecule has 4 nitrogen and oxygen atoms in total. The fraction of sp³-hybridized carbons (Fsp3) is 0.500. The number of aromatic nitrogens is 2. The van der Waals surface area contributed by atoms with Crippen molar-refractivity contribution in [3.8, 4) is 0 Å². The lowest BCUT2D eigenvalue weighted by Crippen LogP contribution is -2.18. The highest BCUT2D eigenvalue weighted by Gasteiger charge is 2.32. The van der Waals surface area contributed by atoms with Gasteiger partial charge in [-0.1, -0.05) is 11.8 Å². The van der Waals surface area contributed by atoms with E-state index in [-0.39, 0.29) is 5.78 Å². The minimum absolute atomic E-state index is 0.0707. The van der Waals surface area contributed by atoms with Crippen LogP contribution in [0.25, 0.3) is 5.57 Å². The van der Waals surface area contributed by atoms with Gasteiger partial charge in [-0.05, 0) is 38.0 Å². The molecule has 0 atom stereocenters. The summed E-state index contributed by atoms with van der Waals surface area (Å²) in [5.74, 6) is 0.572. The number of hydrogen-bond acceptors (Lipinski definition) is 5. The summed E-state index contributed by atoms with van der Waals surface area (Å²) in [4.78, 5) is 22.8. The van der Waals surface area contributed by atoms with E-state index in [0.29, 0.717) is 11.1 Å². The third-order valence-electron chi connectivity index (χ3n) is 3.13. The SMILES string of the molecule is CSc1nccc(C(C(C)=O)=C(C2CC2)N(C)C)n1. The molecule has 1 aliphatic carbocycles. The Balaban J connectivity index is 2.55. The molecule has 2 rings (SSSR count). The average Bonchev–Trinajstić information content (AvgIpc) is 3.19. The molecule has 0 unspecified atom stereocenters. The molecule has 1 fully saturated rings. The maximum atomic E-state index is 12.1. The van der Waals surface area contributed by atoms with E-state index in [9.17, 15) is 4.79 Å². The number of allylic oxidation sites excluding steroid dienone is 2. The molecule has 0 N–H and O–H groups in total. The number of Topliss-reactive ketones (excluding diaryl/α,β-unsaturated/α-hetero) is 1. The maximum absolute atomic E-state index is 12.1. The van der Waals surface area contributed by atoms with Crippen LogP contribution in [-0.2, 0) is 4.79 Å². The molecule has 0 aliphatic heterocycles. The number of ketones is 1. The average molecular weight is 277 g/mol. The fourth-order valence-corrected chi connectivity index (χ4v) is 2.58. The fourth-order valence-electron chi connectivity index (χ4n) is 2.22. The van der Waals surface area contributed by atoms with Crippen LogP contribution in [0.3, 0.4) is 0 Å². The zero-order chi connectivity index (χ0) is 14.0. The summed E-state index contributed by atoms with van der Waals surface area (Å²) in [6, 6.07) is 1.82. The molecule has 0 bridgehead atoms. The van der Waals surface area contributed by atoms with Crippen LogP contribution in [0, 0.1) is 5.92 Å². The molecule has 0 saturated heterocycles. The standard InChI is InChI=1S/C14H19N3OS/c1-9(18)12(13(17(2)3)10-5-6-10)11-7-8-15-14(16-11)19-4/h7-8,10H,5-6H2,1-4H3. The Kier molecular flexibility index (Phi) is 4.24. The molecule has 0 spiro atoms. The van der Waals surface area contributed by atoms with Gasteiger partial charge in [-0.25, -0.2) is 9.97 Å². The summed E-state index contributed by atoms with van der Waals surface area (Å²) in [5, 5.41) is 0.699. The first-order chi connectivity index (χ1) is 9.04. The van der Waals surface area contributed by atoms with Crippen molar-refractivity contribution in [3.05, 3.63) is 23.7 Å². The van der Waals surface area contributed by atoms with Crippen molar-refractivity contribution in [3.63, 3.8) is 0 Å². The lowest BCUT2D eigenvalue weighted by Gasteiger charge is -2.21. The van der Waals surface area contributed by atoms with Gasteiger partial charge in [-0.3, -0.25) is 4.79 Å². The summed E-state index contributed by atoms with van der Waals surface area (Å²) >= 11 is 1.49. The molecule has 5 heteroatoms. The number of carbonyl (C=O) groups is 1. The Morgan fingerprint density at radius 3 is 2.58 bits per heavy atom. The summed E-state index contributed by atoms with van der Waals surface area (Å²) in [6.07, 6.45) is 5.97. The van der Waals surface area contributed by atoms with Crippen LogP contribution in [-0.4, -0.2) is 41.0 Å². The highest BCUT2D eigenvalue weighted by Crippen LogP contribution is 2.41. The number of nitrogens with zero attached hydrogens (tertiary/aromatic N) is 3. The Labute approximate surface area is 118 Å². The molecule has 102 valence electrons. The number of hydrogen-bond donors (Lipinski definition) is 0. The van der Waals surface area contributed by atoms with Gasteiger partial charge in [0.15, 0.2) is 10.9 Å². The van der Waals surface area contributed by atoms with Crippen LogP contribution in [0.5, 0.6) is 0 Å². The van der Waals surface area contributed by atoms with Crippen LogP contribution in [0.4, 0.5) is 0 Å². The van der Waals surface area contributed by atoms with Gasteiger partial charge in [-0.15, -0.1) is 0 Å². The minimum Gasteiger partial charge on any atom is -0.380 e. The van der Waals surface area contributed by atoms with Crippen molar-refractivity contribution in [2.75, 3.05) is 20.4 Å². The van der Waals surface area contributed by atoms with Gasteiger partial charge >= 0.3 is 0 Å². The Morgan fingerprint density at radius 1 is 1.42 bits per heavy atom. The van der Waals surface area contributed by atoms with Gasteiger partial charge in [0, 0.05) is 26.0 Å². The smallest absolute Gasteiger partial charge is 0.187 e. The topological polar surface area (TPSA) is 46.1 Å². The van der Waals surface area contributed by atoms with E-state index in [1.165, 1.54) is 11.8 Å². The van der Waals surface area contributed by atoms with Gasteiger partial charge in [0.2, 0.25) is 0 Å². The van der Waals surface area contributed by atoms with Gasteiger partial charge < -0.3 is 4.90 Å². The predicted octanol–water partition coefficient (Wildman–Crippen LogP) is 2.47. The van der Waals surface area contributed by atoms with Gasteiger partial charge in [0.1, 0.15) is 0 Å². The van der Waals surface area contributed by atoms with Gasteiger partial charge in [0.25, 0.3) is 0 Å². The van der Waals surface area contributed by atoms with E-state index < -0.39 is 0 Å². The molecule has 1 saturated carbocycles. The molecule has 1 aromatic rings. The third-order valence-corrected chi connectivity index (χ3v) is 3.69. The molecule has 1 heterocycles. The number of carbonyl (C=O) groups excluding carboxylic acids is 1. The summed E-state index contributed by atoms with van der Waals surface area (Å²) in [6.45, 7) is 1.61. The molecule has 0 amide bonds.